The van der Waals surface area contributed by atoms with E-state index in [1.807, 2.05) is 37.3 Å². The Morgan fingerprint density at radius 2 is 1.86 bits per heavy atom. The highest BCUT2D eigenvalue weighted by molar-refractivity contribution is 5.96. The van der Waals surface area contributed by atoms with Gasteiger partial charge in [-0.25, -0.2) is 0 Å². The highest BCUT2D eigenvalue weighted by Crippen LogP contribution is 2.25. The summed E-state index contributed by atoms with van der Waals surface area (Å²) in [6, 6.07) is 10.3. The van der Waals surface area contributed by atoms with Gasteiger partial charge in [0, 0.05) is 29.7 Å². The summed E-state index contributed by atoms with van der Waals surface area (Å²) in [6.45, 7) is 9.03. The van der Waals surface area contributed by atoms with E-state index in [1.54, 1.807) is 7.11 Å². The first-order valence-corrected chi connectivity index (χ1v) is 9.91. The third-order valence-electron chi connectivity index (χ3n) is 5.47. The minimum atomic E-state index is 0. The third kappa shape index (κ3) is 4.53. The van der Waals surface area contributed by atoms with E-state index in [0.717, 1.165) is 67.3 Å². The van der Waals surface area contributed by atoms with Crippen molar-refractivity contribution in [2.75, 3.05) is 26.7 Å². The molecule has 1 saturated heterocycles. The first-order chi connectivity index (χ1) is 13.1. The van der Waals surface area contributed by atoms with E-state index < -0.39 is 0 Å². The van der Waals surface area contributed by atoms with Crippen LogP contribution < -0.4 is 10.1 Å². The molecule has 1 aromatic carbocycles. The molecule has 1 aliphatic heterocycles. The predicted octanol–water partition coefficient (Wildman–Crippen LogP) is 4.13. The number of benzene rings is 1. The van der Waals surface area contributed by atoms with Crippen LogP contribution in [0, 0.1) is 13.8 Å². The van der Waals surface area contributed by atoms with E-state index in [9.17, 15) is 4.79 Å². The summed E-state index contributed by atoms with van der Waals surface area (Å²) in [5.41, 5.74) is 3.93. The Balaban J connectivity index is 0.00000280. The highest BCUT2D eigenvalue weighted by atomic mass is 35.5. The van der Waals surface area contributed by atoms with E-state index in [-0.39, 0.29) is 18.3 Å². The maximum Gasteiger partial charge on any atom is 0.255 e. The summed E-state index contributed by atoms with van der Waals surface area (Å²) in [4.78, 5) is 15.5. The Bertz CT molecular complexity index is 780. The summed E-state index contributed by atoms with van der Waals surface area (Å²) in [6.07, 6.45) is 3.04. The number of ether oxygens (including phenoxy) is 1. The SMILES string of the molecule is CCCN(C(=O)c1cc(C)n(-c2ccc(OC)cc2)c1C)C1CCNCC1.Cl. The van der Waals surface area contributed by atoms with Gasteiger partial charge in [0.25, 0.3) is 5.91 Å². The van der Waals surface area contributed by atoms with E-state index in [0.29, 0.717) is 6.04 Å². The second kappa shape index (κ2) is 9.99. The van der Waals surface area contributed by atoms with E-state index in [4.69, 9.17) is 4.74 Å². The maximum atomic E-state index is 13.4. The molecule has 0 saturated carbocycles. The molecule has 0 atom stereocenters. The van der Waals surface area contributed by atoms with Crippen molar-refractivity contribution in [3.63, 3.8) is 0 Å². The van der Waals surface area contributed by atoms with E-state index in [2.05, 4.69) is 28.6 Å². The molecule has 2 aromatic rings. The van der Waals surface area contributed by atoms with Crippen LogP contribution in [-0.4, -0.2) is 48.2 Å². The zero-order valence-corrected chi connectivity index (χ0v) is 18.1. The van der Waals surface area contributed by atoms with Crippen molar-refractivity contribution in [2.45, 2.75) is 46.1 Å². The molecule has 0 aliphatic carbocycles. The predicted molar refractivity (Wildman–Crippen MR) is 116 cm³/mol. The fraction of sp³-hybridized carbons (Fsp3) is 0.500. The van der Waals surface area contributed by atoms with Crippen molar-refractivity contribution in [3.05, 3.63) is 47.3 Å². The smallest absolute Gasteiger partial charge is 0.255 e. The fourth-order valence-electron chi connectivity index (χ4n) is 4.07. The second-order valence-corrected chi connectivity index (χ2v) is 7.30. The lowest BCUT2D eigenvalue weighted by molar-refractivity contribution is 0.0642. The number of halogens is 1. The molecule has 0 unspecified atom stereocenters. The zero-order valence-electron chi connectivity index (χ0n) is 17.3. The Labute approximate surface area is 174 Å². The number of methoxy groups -OCH3 is 1. The number of rotatable bonds is 6. The summed E-state index contributed by atoms with van der Waals surface area (Å²) < 4.78 is 7.41. The largest absolute Gasteiger partial charge is 0.497 e. The molecule has 1 fully saturated rings. The lowest BCUT2D eigenvalue weighted by Crippen LogP contribution is -2.46. The van der Waals surface area contributed by atoms with Crippen LogP contribution in [0.2, 0.25) is 0 Å². The van der Waals surface area contributed by atoms with Crippen LogP contribution in [0.1, 0.15) is 47.9 Å². The van der Waals surface area contributed by atoms with Gasteiger partial charge in [0.2, 0.25) is 0 Å². The first-order valence-electron chi connectivity index (χ1n) is 9.91. The number of nitrogens with one attached hydrogen (secondary N) is 1. The molecule has 28 heavy (non-hydrogen) atoms. The summed E-state index contributed by atoms with van der Waals surface area (Å²) >= 11 is 0. The molecular weight excluding hydrogens is 374 g/mol. The number of aryl methyl sites for hydroxylation is 1. The van der Waals surface area contributed by atoms with Gasteiger partial charge in [0.1, 0.15) is 5.75 Å². The second-order valence-electron chi connectivity index (χ2n) is 7.30. The van der Waals surface area contributed by atoms with Crippen molar-refractivity contribution in [1.82, 2.24) is 14.8 Å². The molecule has 6 heteroatoms. The van der Waals surface area contributed by atoms with Gasteiger partial charge < -0.3 is 19.5 Å². The van der Waals surface area contributed by atoms with E-state index >= 15 is 0 Å². The van der Waals surface area contributed by atoms with Gasteiger partial charge in [0.15, 0.2) is 0 Å². The Morgan fingerprint density at radius 3 is 2.43 bits per heavy atom. The van der Waals surface area contributed by atoms with Gasteiger partial charge in [-0.3, -0.25) is 4.79 Å². The van der Waals surface area contributed by atoms with Gasteiger partial charge in [-0.1, -0.05) is 6.92 Å². The number of aromatic nitrogens is 1. The van der Waals surface area contributed by atoms with Crippen LogP contribution in [0.4, 0.5) is 0 Å². The van der Waals surface area contributed by atoms with Gasteiger partial charge in [0.05, 0.1) is 12.7 Å². The molecule has 5 nitrogen and oxygen atoms in total. The van der Waals surface area contributed by atoms with Crippen molar-refractivity contribution in [3.8, 4) is 11.4 Å². The number of hydrogen-bond acceptors (Lipinski definition) is 3. The van der Waals surface area contributed by atoms with Gasteiger partial charge >= 0.3 is 0 Å². The van der Waals surface area contributed by atoms with E-state index in [1.165, 1.54) is 0 Å². The molecule has 154 valence electrons. The summed E-state index contributed by atoms with van der Waals surface area (Å²) in [5.74, 6) is 0.995. The number of carbonyl (C=O) groups is 1. The number of amides is 1. The van der Waals surface area contributed by atoms with Crippen LogP contribution >= 0.6 is 12.4 Å². The number of carbonyl (C=O) groups excluding carboxylic acids is 1. The number of hydrogen-bond donors (Lipinski definition) is 1. The highest BCUT2D eigenvalue weighted by Gasteiger charge is 2.28. The summed E-state index contributed by atoms with van der Waals surface area (Å²) in [7, 11) is 1.67. The molecule has 1 N–H and O–H groups in total. The molecular formula is C22H32ClN3O2. The molecule has 3 rings (SSSR count). The quantitative estimate of drug-likeness (QED) is 0.786. The molecule has 2 heterocycles. The molecule has 0 radical (unpaired) electrons. The average Bonchev–Trinajstić information content (AvgIpc) is 3.00. The van der Waals surface area contributed by atoms with Crippen molar-refractivity contribution in [1.29, 1.82) is 0 Å². The van der Waals surface area contributed by atoms with Crippen LogP contribution in [0.3, 0.4) is 0 Å². The van der Waals surface area contributed by atoms with Gasteiger partial charge in [-0.05, 0) is 76.5 Å². The fourth-order valence-corrected chi connectivity index (χ4v) is 4.07. The zero-order chi connectivity index (χ0) is 19.4. The molecule has 0 bridgehead atoms. The van der Waals surface area contributed by atoms with Crippen molar-refractivity contribution in [2.24, 2.45) is 0 Å². The Hall–Kier alpha value is -1.98. The molecule has 1 amide bonds. The van der Waals surface area contributed by atoms with Crippen LogP contribution in [0.25, 0.3) is 5.69 Å². The third-order valence-corrected chi connectivity index (χ3v) is 5.47. The maximum absolute atomic E-state index is 13.4. The Kier molecular flexibility index (Phi) is 7.96. The first kappa shape index (κ1) is 22.3. The normalized spacial score (nSPS) is 14.4. The van der Waals surface area contributed by atoms with Crippen molar-refractivity contribution >= 4 is 18.3 Å². The average molecular weight is 406 g/mol. The van der Waals surface area contributed by atoms with Gasteiger partial charge in [-0.2, -0.15) is 0 Å². The standard InChI is InChI=1S/C22H31N3O2.ClH/c1-5-14-24(18-10-12-23-13-11-18)22(26)21-15-16(2)25(17(21)3)19-6-8-20(27-4)9-7-19;/h6-9,15,18,23H,5,10-14H2,1-4H3;1H. The monoisotopic (exact) mass is 405 g/mol. The van der Waals surface area contributed by atoms with Gasteiger partial charge in [-0.15, -0.1) is 12.4 Å². The minimum Gasteiger partial charge on any atom is -0.497 e. The summed E-state index contributed by atoms with van der Waals surface area (Å²) in [5, 5.41) is 3.39. The topological polar surface area (TPSA) is 46.5 Å². The number of piperidine rings is 1. The van der Waals surface area contributed by atoms with Crippen LogP contribution in [0.15, 0.2) is 30.3 Å². The molecule has 0 spiro atoms. The molecule has 1 aliphatic rings. The van der Waals surface area contributed by atoms with Crippen molar-refractivity contribution < 1.29 is 9.53 Å². The lowest BCUT2D eigenvalue weighted by atomic mass is 10.0. The minimum absolute atomic E-state index is 0. The van der Waals surface area contributed by atoms with Crippen LogP contribution in [-0.2, 0) is 0 Å². The lowest BCUT2D eigenvalue weighted by Gasteiger charge is -2.34. The van der Waals surface area contributed by atoms with Crippen LogP contribution in [0.5, 0.6) is 5.75 Å². The molecule has 1 aromatic heterocycles. The Morgan fingerprint density at radius 1 is 1.21 bits per heavy atom. The number of nitrogens with zero attached hydrogens (tertiary/aromatic N) is 2.